The zero-order valence-electron chi connectivity index (χ0n) is 12.9. The van der Waals surface area contributed by atoms with Crippen LogP contribution in [-0.2, 0) is 10.2 Å². The summed E-state index contributed by atoms with van der Waals surface area (Å²) in [6.07, 6.45) is 0. The molecule has 0 aliphatic carbocycles. The second kappa shape index (κ2) is 6.02. The van der Waals surface area contributed by atoms with E-state index >= 15 is 0 Å². The summed E-state index contributed by atoms with van der Waals surface area (Å²) >= 11 is 0. The number of hydrogen-bond donors (Lipinski definition) is 1. The van der Waals surface area contributed by atoms with E-state index in [0.29, 0.717) is 31.9 Å². The third-order valence-corrected chi connectivity index (χ3v) is 3.89. The average Bonchev–Trinajstić information content (AvgIpc) is 2.38. The number of nitrogens with zero attached hydrogens (tertiary/aromatic N) is 2. The summed E-state index contributed by atoms with van der Waals surface area (Å²) in [5.74, 6) is -1.02. The molecule has 1 aliphatic heterocycles. The number of carboxylic acid groups (broad SMARTS) is 1. The highest BCUT2D eigenvalue weighted by atomic mass is 19.1. The van der Waals surface area contributed by atoms with E-state index in [1.807, 2.05) is 21.9 Å². The Morgan fingerprint density at radius 3 is 2.33 bits per heavy atom. The van der Waals surface area contributed by atoms with Crippen LogP contribution in [0.1, 0.15) is 26.3 Å². The Morgan fingerprint density at radius 1 is 1.24 bits per heavy atom. The molecule has 1 N–H and O–H groups in total. The van der Waals surface area contributed by atoms with Crippen molar-refractivity contribution in [3.63, 3.8) is 0 Å². The lowest BCUT2D eigenvalue weighted by Gasteiger charge is -2.35. The first-order valence-electron chi connectivity index (χ1n) is 7.26. The molecule has 0 aromatic heterocycles. The van der Waals surface area contributed by atoms with Crippen LogP contribution in [0.5, 0.6) is 0 Å². The Kier molecular flexibility index (Phi) is 4.52. The number of rotatable bonds is 3. The quantitative estimate of drug-likeness (QED) is 0.929. The zero-order chi connectivity index (χ0) is 15.6. The molecule has 4 nitrogen and oxygen atoms in total. The molecule has 0 radical (unpaired) electrons. The van der Waals surface area contributed by atoms with Crippen LogP contribution in [-0.4, -0.2) is 48.7 Å². The minimum atomic E-state index is -0.816. The second-order valence-corrected chi connectivity index (χ2v) is 6.57. The third kappa shape index (κ3) is 3.94. The Bertz CT molecular complexity index is 517. The van der Waals surface area contributed by atoms with Crippen LogP contribution in [0.2, 0.25) is 0 Å². The number of hydrogen-bond acceptors (Lipinski definition) is 3. The fourth-order valence-electron chi connectivity index (χ4n) is 2.57. The maximum absolute atomic E-state index is 14.3. The first-order chi connectivity index (χ1) is 9.77. The first-order valence-corrected chi connectivity index (χ1v) is 7.26. The van der Waals surface area contributed by atoms with Gasteiger partial charge in [0.1, 0.15) is 5.82 Å². The van der Waals surface area contributed by atoms with Gasteiger partial charge in [-0.1, -0.05) is 26.8 Å². The molecule has 2 rings (SSSR count). The van der Waals surface area contributed by atoms with Crippen LogP contribution in [0, 0.1) is 5.82 Å². The molecule has 0 unspecified atom stereocenters. The monoisotopic (exact) mass is 294 g/mol. The Labute approximate surface area is 125 Å². The summed E-state index contributed by atoms with van der Waals surface area (Å²) in [5, 5.41) is 8.78. The number of aliphatic carboxylic acids is 1. The van der Waals surface area contributed by atoms with Crippen molar-refractivity contribution in [1.29, 1.82) is 0 Å². The molecule has 0 atom stereocenters. The highest BCUT2D eigenvalue weighted by molar-refractivity contribution is 5.69. The minimum Gasteiger partial charge on any atom is -0.480 e. The van der Waals surface area contributed by atoms with Crippen LogP contribution in [0.4, 0.5) is 10.1 Å². The predicted molar refractivity (Wildman–Crippen MR) is 81.4 cm³/mol. The molecule has 1 aromatic rings. The molecular weight excluding hydrogens is 271 g/mol. The predicted octanol–water partition coefficient (Wildman–Crippen LogP) is 2.33. The van der Waals surface area contributed by atoms with Crippen LogP contribution >= 0.6 is 0 Å². The molecular formula is C16H23FN2O2. The molecule has 0 amide bonds. The van der Waals surface area contributed by atoms with Crippen molar-refractivity contribution in [2.75, 3.05) is 37.6 Å². The van der Waals surface area contributed by atoms with Crippen molar-refractivity contribution in [3.8, 4) is 0 Å². The normalized spacial score (nSPS) is 17.0. The molecule has 0 spiro atoms. The van der Waals surface area contributed by atoms with Gasteiger partial charge in [-0.3, -0.25) is 9.69 Å². The summed E-state index contributed by atoms with van der Waals surface area (Å²) in [4.78, 5) is 14.6. The van der Waals surface area contributed by atoms with Crippen LogP contribution in [0.15, 0.2) is 18.2 Å². The van der Waals surface area contributed by atoms with Crippen molar-refractivity contribution >= 4 is 11.7 Å². The fourth-order valence-corrected chi connectivity index (χ4v) is 2.57. The number of carbonyl (C=O) groups is 1. The van der Waals surface area contributed by atoms with Crippen molar-refractivity contribution in [2.24, 2.45) is 0 Å². The highest BCUT2D eigenvalue weighted by Gasteiger charge is 2.22. The van der Waals surface area contributed by atoms with E-state index in [4.69, 9.17) is 5.11 Å². The molecule has 21 heavy (non-hydrogen) atoms. The largest absolute Gasteiger partial charge is 0.480 e. The standard InChI is InChI=1S/C16H23FN2O2/c1-16(2,3)12-4-5-14(13(17)10-12)19-8-6-18(7-9-19)11-15(20)21/h4-5,10H,6-9,11H2,1-3H3,(H,20,21). The van der Waals surface area contributed by atoms with Crippen molar-refractivity contribution in [3.05, 3.63) is 29.6 Å². The molecule has 5 heteroatoms. The summed E-state index contributed by atoms with van der Waals surface area (Å²) in [7, 11) is 0. The Hall–Kier alpha value is -1.62. The van der Waals surface area contributed by atoms with Gasteiger partial charge in [-0.05, 0) is 23.1 Å². The Balaban J connectivity index is 2.05. The van der Waals surface area contributed by atoms with Gasteiger partial charge in [0.2, 0.25) is 0 Å². The summed E-state index contributed by atoms with van der Waals surface area (Å²) in [5.41, 5.74) is 1.52. The highest BCUT2D eigenvalue weighted by Crippen LogP contribution is 2.28. The SMILES string of the molecule is CC(C)(C)c1ccc(N2CCN(CC(=O)O)CC2)c(F)c1. The van der Waals surface area contributed by atoms with Crippen molar-refractivity contribution in [2.45, 2.75) is 26.2 Å². The summed E-state index contributed by atoms with van der Waals surface area (Å²) < 4.78 is 14.3. The number of piperazine rings is 1. The molecule has 0 saturated carbocycles. The van der Waals surface area contributed by atoms with E-state index in [1.54, 1.807) is 6.07 Å². The number of halogens is 1. The third-order valence-electron chi connectivity index (χ3n) is 3.89. The molecule has 0 bridgehead atoms. The zero-order valence-corrected chi connectivity index (χ0v) is 12.9. The molecule has 1 heterocycles. The Morgan fingerprint density at radius 2 is 1.86 bits per heavy atom. The van der Waals surface area contributed by atoms with E-state index in [1.165, 1.54) is 0 Å². The topological polar surface area (TPSA) is 43.8 Å². The average molecular weight is 294 g/mol. The van der Waals surface area contributed by atoms with E-state index in [9.17, 15) is 9.18 Å². The molecule has 1 saturated heterocycles. The lowest BCUT2D eigenvalue weighted by atomic mass is 9.87. The van der Waals surface area contributed by atoms with Gasteiger partial charge in [0.05, 0.1) is 12.2 Å². The second-order valence-electron chi connectivity index (χ2n) is 6.57. The van der Waals surface area contributed by atoms with Gasteiger partial charge in [0, 0.05) is 26.2 Å². The molecule has 1 aliphatic rings. The van der Waals surface area contributed by atoms with Gasteiger partial charge in [-0.2, -0.15) is 0 Å². The van der Waals surface area contributed by atoms with Gasteiger partial charge in [0.15, 0.2) is 0 Å². The van der Waals surface area contributed by atoms with Crippen molar-refractivity contribution < 1.29 is 14.3 Å². The van der Waals surface area contributed by atoms with E-state index in [0.717, 1.165) is 5.56 Å². The summed E-state index contributed by atoms with van der Waals surface area (Å²) in [6, 6.07) is 5.42. The number of carboxylic acids is 1. The molecule has 1 aromatic carbocycles. The van der Waals surface area contributed by atoms with Gasteiger partial charge < -0.3 is 10.0 Å². The van der Waals surface area contributed by atoms with Gasteiger partial charge >= 0.3 is 5.97 Å². The maximum Gasteiger partial charge on any atom is 0.317 e. The van der Waals surface area contributed by atoms with Crippen molar-refractivity contribution in [1.82, 2.24) is 4.90 Å². The number of benzene rings is 1. The van der Waals surface area contributed by atoms with E-state index < -0.39 is 5.97 Å². The van der Waals surface area contributed by atoms with Gasteiger partial charge in [-0.25, -0.2) is 4.39 Å². The number of anilines is 1. The van der Waals surface area contributed by atoms with Crippen LogP contribution in [0.25, 0.3) is 0 Å². The van der Waals surface area contributed by atoms with Gasteiger partial charge in [0.25, 0.3) is 0 Å². The lowest BCUT2D eigenvalue weighted by molar-refractivity contribution is -0.138. The molecule has 116 valence electrons. The summed E-state index contributed by atoms with van der Waals surface area (Å²) in [6.45, 7) is 8.83. The van der Waals surface area contributed by atoms with Crippen LogP contribution < -0.4 is 4.90 Å². The maximum atomic E-state index is 14.3. The lowest BCUT2D eigenvalue weighted by Crippen LogP contribution is -2.48. The minimum absolute atomic E-state index is 0.0548. The van der Waals surface area contributed by atoms with Gasteiger partial charge in [-0.15, -0.1) is 0 Å². The first kappa shape index (κ1) is 15.8. The van der Waals surface area contributed by atoms with Crippen LogP contribution in [0.3, 0.4) is 0 Å². The molecule has 1 fully saturated rings. The fraction of sp³-hybridized carbons (Fsp3) is 0.562. The smallest absolute Gasteiger partial charge is 0.317 e. The van der Waals surface area contributed by atoms with E-state index in [2.05, 4.69) is 20.8 Å². The van der Waals surface area contributed by atoms with E-state index in [-0.39, 0.29) is 17.8 Å².